The Hall–Kier alpha value is -2.25. The minimum Gasteiger partial charge on any atom is -0.440 e. The van der Waals surface area contributed by atoms with Crippen LogP contribution < -0.4 is 5.32 Å². The van der Waals surface area contributed by atoms with Gasteiger partial charge in [-0.25, -0.2) is 4.79 Å². The van der Waals surface area contributed by atoms with Crippen LogP contribution in [0.25, 0.3) is 0 Å². The Labute approximate surface area is 163 Å². The number of hydrogen-bond acceptors (Lipinski definition) is 3. The number of alkyl halides is 3. The Morgan fingerprint density at radius 1 is 1.25 bits per heavy atom. The van der Waals surface area contributed by atoms with Crippen molar-refractivity contribution in [1.29, 1.82) is 0 Å². The largest absolute Gasteiger partial charge is 0.440 e. The first-order valence-corrected chi connectivity index (χ1v) is 9.36. The predicted molar refractivity (Wildman–Crippen MR) is 98.8 cm³/mol. The second-order valence-electron chi connectivity index (χ2n) is 7.88. The van der Waals surface area contributed by atoms with Gasteiger partial charge in [-0.15, -0.1) is 0 Å². The number of ether oxygens (including phenoxy) is 1. The molecule has 156 valence electrons. The first-order chi connectivity index (χ1) is 13.0. The molecule has 2 amide bonds. The van der Waals surface area contributed by atoms with E-state index in [-0.39, 0.29) is 23.9 Å². The highest BCUT2D eigenvalue weighted by atomic mass is 19.4. The molecule has 1 aliphatic heterocycles. The van der Waals surface area contributed by atoms with Crippen molar-refractivity contribution in [3.8, 4) is 0 Å². The average molecular weight is 400 g/mol. The third-order valence-corrected chi connectivity index (χ3v) is 4.91. The molecule has 1 fully saturated rings. The van der Waals surface area contributed by atoms with Crippen molar-refractivity contribution in [1.82, 2.24) is 10.2 Å². The molecule has 8 heteroatoms. The van der Waals surface area contributed by atoms with E-state index >= 15 is 0 Å². The topological polar surface area (TPSA) is 58.6 Å². The number of benzene rings is 1. The number of carbonyl (C=O) groups excluding carboxylic acids is 2. The molecule has 1 aliphatic rings. The van der Waals surface area contributed by atoms with Gasteiger partial charge in [0.05, 0.1) is 0 Å². The van der Waals surface area contributed by atoms with Gasteiger partial charge in [-0.2, -0.15) is 13.2 Å². The van der Waals surface area contributed by atoms with Crippen molar-refractivity contribution in [3.63, 3.8) is 0 Å². The number of halogens is 3. The molecule has 2 atom stereocenters. The average Bonchev–Trinajstić information content (AvgIpc) is 3.09. The SMILES string of the molecule is CC(CC(C)(C)c1ccccc1)NC(=O)C1CCCN1C(=O)OCC(F)(F)F. The van der Waals surface area contributed by atoms with E-state index in [1.807, 2.05) is 37.3 Å². The molecule has 1 N–H and O–H groups in total. The molecular weight excluding hydrogens is 373 g/mol. The van der Waals surface area contributed by atoms with E-state index in [1.54, 1.807) is 0 Å². The molecule has 0 saturated carbocycles. The molecule has 0 bridgehead atoms. The molecule has 28 heavy (non-hydrogen) atoms. The zero-order chi connectivity index (χ0) is 20.9. The fourth-order valence-corrected chi connectivity index (χ4v) is 3.65. The first-order valence-electron chi connectivity index (χ1n) is 9.36. The van der Waals surface area contributed by atoms with Crippen molar-refractivity contribution in [2.24, 2.45) is 0 Å². The quantitative estimate of drug-likeness (QED) is 0.785. The lowest BCUT2D eigenvalue weighted by Crippen LogP contribution is -2.49. The normalized spacial score (nSPS) is 18.6. The molecule has 1 aromatic carbocycles. The van der Waals surface area contributed by atoms with E-state index in [9.17, 15) is 22.8 Å². The van der Waals surface area contributed by atoms with Crippen molar-refractivity contribution in [3.05, 3.63) is 35.9 Å². The van der Waals surface area contributed by atoms with E-state index in [4.69, 9.17) is 0 Å². The lowest BCUT2D eigenvalue weighted by atomic mass is 9.79. The van der Waals surface area contributed by atoms with Gasteiger partial charge in [0.2, 0.25) is 5.91 Å². The Balaban J connectivity index is 1.92. The maximum atomic E-state index is 12.6. The standard InChI is InChI=1S/C20H27F3N2O3/c1-14(12-19(2,3)15-8-5-4-6-9-15)24-17(26)16-10-7-11-25(16)18(27)28-13-20(21,22)23/h4-6,8-9,14,16H,7,10-13H2,1-3H3,(H,24,26). The van der Waals surface area contributed by atoms with Crippen LogP contribution in [0.2, 0.25) is 0 Å². The maximum Gasteiger partial charge on any atom is 0.422 e. The highest BCUT2D eigenvalue weighted by Crippen LogP contribution is 2.28. The molecule has 1 aromatic rings. The van der Waals surface area contributed by atoms with Gasteiger partial charge in [-0.1, -0.05) is 44.2 Å². The summed E-state index contributed by atoms with van der Waals surface area (Å²) in [6.45, 7) is 4.60. The van der Waals surface area contributed by atoms with Crippen LogP contribution in [-0.2, 0) is 14.9 Å². The van der Waals surface area contributed by atoms with Crippen LogP contribution in [0.1, 0.15) is 45.6 Å². The molecule has 5 nitrogen and oxygen atoms in total. The molecule has 0 radical (unpaired) electrons. The van der Waals surface area contributed by atoms with Gasteiger partial charge in [-0.3, -0.25) is 9.69 Å². The lowest BCUT2D eigenvalue weighted by Gasteiger charge is -2.30. The Morgan fingerprint density at radius 3 is 2.50 bits per heavy atom. The fourth-order valence-electron chi connectivity index (χ4n) is 3.65. The van der Waals surface area contributed by atoms with Crippen LogP contribution in [-0.4, -0.2) is 48.3 Å². The van der Waals surface area contributed by atoms with Gasteiger partial charge in [0.1, 0.15) is 6.04 Å². The molecular formula is C20H27F3N2O3. The number of nitrogens with one attached hydrogen (secondary N) is 1. The zero-order valence-electron chi connectivity index (χ0n) is 16.4. The Morgan fingerprint density at radius 2 is 1.89 bits per heavy atom. The molecule has 0 spiro atoms. The minimum absolute atomic E-state index is 0.170. The number of rotatable bonds is 6. The fraction of sp³-hybridized carbons (Fsp3) is 0.600. The number of likely N-dealkylation sites (tertiary alicyclic amines) is 1. The molecule has 1 saturated heterocycles. The lowest BCUT2D eigenvalue weighted by molar-refractivity contribution is -0.162. The summed E-state index contributed by atoms with van der Waals surface area (Å²) in [4.78, 5) is 25.6. The van der Waals surface area contributed by atoms with E-state index < -0.39 is 24.9 Å². The van der Waals surface area contributed by atoms with E-state index in [2.05, 4.69) is 23.9 Å². The van der Waals surface area contributed by atoms with Crippen molar-refractivity contribution >= 4 is 12.0 Å². The van der Waals surface area contributed by atoms with Crippen LogP contribution in [0.5, 0.6) is 0 Å². The number of nitrogens with zero attached hydrogens (tertiary/aromatic N) is 1. The van der Waals surface area contributed by atoms with Gasteiger partial charge in [0.25, 0.3) is 0 Å². The zero-order valence-corrected chi connectivity index (χ0v) is 16.4. The van der Waals surface area contributed by atoms with Crippen molar-refractivity contribution in [2.75, 3.05) is 13.2 Å². The first kappa shape index (κ1) is 22.0. The number of carbonyl (C=O) groups is 2. The molecule has 2 unspecified atom stereocenters. The summed E-state index contributed by atoms with van der Waals surface area (Å²) in [5.41, 5.74) is 0.976. The van der Waals surface area contributed by atoms with Crippen LogP contribution in [0.4, 0.5) is 18.0 Å². The second-order valence-corrected chi connectivity index (χ2v) is 7.88. The number of amides is 2. The summed E-state index contributed by atoms with van der Waals surface area (Å²) in [5.74, 6) is -0.363. The van der Waals surface area contributed by atoms with Gasteiger partial charge in [0, 0.05) is 12.6 Å². The third-order valence-electron chi connectivity index (χ3n) is 4.91. The predicted octanol–water partition coefficient (Wildman–Crippen LogP) is 4.02. The summed E-state index contributed by atoms with van der Waals surface area (Å²) in [6.07, 6.45) is -4.07. The van der Waals surface area contributed by atoms with Gasteiger partial charge >= 0.3 is 12.3 Å². The Bertz CT molecular complexity index is 677. The van der Waals surface area contributed by atoms with Crippen LogP contribution >= 0.6 is 0 Å². The highest BCUT2D eigenvalue weighted by Gasteiger charge is 2.38. The van der Waals surface area contributed by atoms with Crippen LogP contribution in [0.15, 0.2) is 30.3 Å². The monoisotopic (exact) mass is 400 g/mol. The van der Waals surface area contributed by atoms with E-state index in [0.29, 0.717) is 19.3 Å². The summed E-state index contributed by atoms with van der Waals surface area (Å²) in [7, 11) is 0. The van der Waals surface area contributed by atoms with Gasteiger partial charge in [0.15, 0.2) is 6.61 Å². The summed E-state index contributed by atoms with van der Waals surface area (Å²) < 4.78 is 41.1. The summed E-state index contributed by atoms with van der Waals surface area (Å²) >= 11 is 0. The Kier molecular flexibility index (Phi) is 6.96. The van der Waals surface area contributed by atoms with Gasteiger partial charge in [-0.05, 0) is 37.2 Å². The van der Waals surface area contributed by atoms with Crippen molar-refractivity contribution in [2.45, 2.75) is 63.7 Å². The van der Waals surface area contributed by atoms with E-state index in [1.165, 1.54) is 0 Å². The molecule has 1 heterocycles. The van der Waals surface area contributed by atoms with E-state index in [0.717, 1.165) is 10.5 Å². The van der Waals surface area contributed by atoms with Gasteiger partial charge < -0.3 is 10.1 Å². The summed E-state index contributed by atoms with van der Waals surface area (Å²) in [6, 6.07) is 8.96. The number of hydrogen-bond donors (Lipinski definition) is 1. The minimum atomic E-state index is -4.59. The third kappa shape index (κ3) is 6.14. The van der Waals surface area contributed by atoms with Crippen molar-refractivity contribution < 1.29 is 27.5 Å². The second kappa shape index (κ2) is 8.84. The highest BCUT2D eigenvalue weighted by molar-refractivity contribution is 5.86. The van der Waals surface area contributed by atoms with Crippen LogP contribution in [0.3, 0.4) is 0 Å². The van der Waals surface area contributed by atoms with Crippen LogP contribution in [0, 0.1) is 0 Å². The maximum absolute atomic E-state index is 12.6. The molecule has 2 rings (SSSR count). The smallest absolute Gasteiger partial charge is 0.422 e. The molecule has 0 aliphatic carbocycles. The summed E-state index contributed by atoms with van der Waals surface area (Å²) in [5, 5.41) is 2.89. The molecule has 0 aromatic heterocycles.